The molecule has 0 saturated heterocycles. The summed E-state index contributed by atoms with van der Waals surface area (Å²) < 4.78 is 25.9. The molecule has 0 aliphatic carbocycles. The maximum atomic E-state index is 13.1. The Morgan fingerprint density at radius 1 is 1.46 bits per heavy atom. The highest BCUT2D eigenvalue weighted by atomic mass is 19.1. The molecule has 0 heterocycles. The lowest BCUT2D eigenvalue weighted by molar-refractivity contribution is 0.186. The van der Waals surface area contributed by atoms with Crippen molar-refractivity contribution < 1.29 is 8.78 Å². The molecule has 0 spiro atoms. The third-order valence-electron chi connectivity index (χ3n) is 1.86. The van der Waals surface area contributed by atoms with Gasteiger partial charge >= 0.3 is 0 Å². The van der Waals surface area contributed by atoms with E-state index in [1.807, 2.05) is 6.92 Å². The van der Waals surface area contributed by atoms with E-state index < -0.39 is 12.3 Å². The first-order valence-electron chi connectivity index (χ1n) is 4.50. The van der Waals surface area contributed by atoms with Crippen LogP contribution in [0, 0.1) is 11.3 Å². The number of halogens is 2. The number of nitrogens with one attached hydrogen (secondary N) is 1. The highest BCUT2D eigenvalue weighted by Gasteiger charge is 2.20. The lowest BCUT2D eigenvalue weighted by Crippen LogP contribution is -2.36. The minimum Gasteiger partial charge on any atom is -0.312 e. The van der Waals surface area contributed by atoms with E-state index >= 15 is 0 Å². The van der Waals surface area contributed by atoms with Crippen molar-refractivity contribution in [3.63, 3.8) is 0 Å². The van der Waals surface area contributed by atoms with Gasteiger partial charge in [-0.1, -0.05) is 6.92 Å². The van der Waals surface area contributed by atoms with Crippen LogP contribution in [-0.4, -0.2) is 24.9 Å². The maximum absolute atomic E-state index is 13.1. The van der Waals surface area contributed by atoms with Crippen LogP contribution in [0.5, 0.6) is 0 Å². The van der Waals surface area contributed by atoms with Crippen molar-refractivity contribution in [1.29, 1.82) is 5.26 Å². The van der Waals surface area contributed by atoms with Crippen LogP contribution in [0.3, 0.4) is 0 Å². The van der Waals surface area contributed by atoms with Gasteiger partial charge in [-0.25, -0.2) is 8.78 Å². The molecular weight excluding hydrogens is 174 g/mol. The van der Waals surface area contributed by atoms with Gasteiger partial charge in [0.1, 0.15) is 12.3 Å². The zero-order valence-corrected chi connectivity index (χ0v) is 8.06. The van der Waals surface area contributed by atoms with E-state index in [1.165, 1.54) is 0 Å². The lowest BCUT2D eigenvalue weighted by Gasteiger charge is -2.18. The number of rotatable bonds is 6. The molecule has 76 valence electrons. The first-order valence-corrected chi connectivity index (χ1v) is 4.50. The summed E-state index contributed by atoms with van der Waals surface area (Å²) in [6, 6.07) is 1.34. The largest absolute Gasteiger partial charge is 0.312 e. The van der Waals surface area contributed by atoms with E-state index in [-0.39, 0.29) is 18.9 Å². The Labute approximate surface area is 77.9 Å². The fourth-order valence-electron chi connectivity index (χ4n) is 1.08. The summed E-state index contributed by atoms with van der Waals surface area (Å²) in [6.45, 7) is 4.20. The van der Waals surface area contributed by atoms with Crippen molar-refractivity contribution in [2.24, 2.45) is 0 Å². The highest BCUT2D eigenvalue weighted by molar-refractivity contribution is 4.80. The molecule has 0 aromatic carbocycles. The SMILES string of the molecule is CCNC(C)[C@H](F)CC(F)CC#N. The average Bonchev–Trinajstić information content (AvgIpc) is 2.05. The van der Waals surface area contributed by atoms with Gasteiger partial charge < -0.3 is 5.32 Å². The number of alkyl halides is 2. The standard InChI is InChI=1S/C9H16F2N2/c1-3-13-7(2)9(11)6-8(10)4-5-12/h7-9,13H,3-4,6H2,1-2H3/t7?,8?,9-/m1/s1. The fraction of sp³-hybridized carbons (Fsp3) is 0.889. The molecule has 0 bridgehead atoms. The van der Waals surface area contributed by atoms with Crippen LogP contribution in [-0.2, 0) is 0 Å². The summed E-state index contributed by atoms with van der Waals surface area (Å²) in [5, 5.41) is 11.0. The first kappa shape index (κ1) is 12.3. The fourth-order valence-corrected chi connectivity index (χ4v) is 1.08. The zero-order valence-electron chi connectivity index (χ0n) is 8.06. The van der Waals surface area contributed by atoms with E-state index in [4.69, 9.17) is 5.26 Å². The van der Waals surface area contributed by atoms with Crippen LogP contribution >= 0.6 is 0 Å². The van der Waals surface area contributed by atoms with Crippen molar-refractivity contribution in [1.82, 2.24) is 5.32 Å². The van der Waals surface area contributed by atoms with E-state index in [2.05, 4.69) is 5.32 Å². The van der Waals surface area contributed by atoms with Gasteiger partial charge in [-0.15, -0.1) is 0 Å². The Balaban J connectivity index is 3.72. The summed E-state index contributed by atoms with van der Waals surface area (Å²) in [5.41, 5.74) is 0. The quantitative estimate of drug-likeness (QED) is 0.695. The van der Waals surface area contributed by atoms with E-state index in [1.54, 1.807) is 13.0 Å². The molecule has 0 rings (SSSR count). The Morgan fingerprint density at radius 2 is 2.08 bits per heavy atom. The van der Waals surface area contributed by atoms with E-state index in [0.717, 1.165) is 0 Å². The van der Waals surface area contributed by atoms with Crippen LogP contribution in [0.4, 0.5) is 8.78 Å². The van der Waals surface area contributed by atoms with Crippen molar-refractivity contribution in [3.8, 4) is 6.07 Å². The minimum absolute atomic E-state index is 0.193. The molecule has 4 heteroatoms. The van der Waals surface area contributed by atoms with Crippen LogP contribution < -0.4 is 5.32 Å². The average molecular weight is 190 g/mol. The second-order valence-electron chi connectivity index (χ2n) is 3.06. The van der Waals surface area contributed by atoms with Crippen molar-refractivity contribution >= 4 is 0 Å². The Morgan fingerprint density at radius 3 is 2.54 bits per heavy atom. The Hall–Kier alpha value is -0.690. The van der Waals surface area contributed by atoms with Gasteiger partial charge in [0.15, 0.2) is 0 Å². The van der Waals surface area contributed by atoms with Crippen molar-refractivity contribution in [2.75, 3.05) is 6.54 Å². The van der Waals surface area contributed by atoms with Crippen LogP contribution in [0.1, 0.15) is 26.7 Å². The molecule has 0 aliphatic heterocycles. The zero-order chi connectivity index (χ0) is 10.3. The van der Waals surface area contributed by atoms with Gasteiger partial charge in [0.2, 0.25) is 0 Å². The van der Waals surface area contributed by atoms with Gasteiger partial charge in [-0.3, -0.25) is 0 Å². The molecule has 0 fully saturated rings. The Bertz CT molecular complexity index is 167. The summed E-state index contributed by atoms with van der Waals surface area (Å²) in [7, 11) is 0. The molecule has 2 nitrogen and oxygen atoms in total. The van der Waals surface area contributed by atoms with Gasteiger partial charge in [-0.2, -0.15) is 5.26 Å². The van der Waals surface area contributed by atoms with Crippen LogP contribution in [0.15, 0.2) is 0 Å². The van der Waals surface area contributed by atoms with Crippen molar-refractivity contribution in [2.45, 2.75) is 45.1 Å². The second-order valence-corrected chi connectivity index (χ2v) is 3.06. The third kappa shape index (κ3) is 5.53. The van der Waals surface area contributed by atoms with E-state index in [0.29, 0.717) is 6.54 Å². The predicted octanol–water partition coefficient (Wildman–Crippen LogP) is 1.96. The third-order valence-corrected chi connectivity index (χ3v) is 1.86. The molecule has 0 radical (unpaired) electrons. The van der Waals surface area contributed by atoms with Crippen molar-refractivity contribution in [3.05, 3.63) is 0 Å². The minimum atomic E-state index is -1.35. The summed E-state index contributed by atoms with van der Waals surface area (Å²) >= 11 is 0. The molecule has 1 N–H and O–H groups in total. The van der Waals surface area contributed by atoms with E-state index in [9.17, 15) is 8.78 Å². The lowest BCUT2D eigenvalue weighted by atomic mass is 10.1. The van der Waals surface area contributed by atoms with Gasteiger partial charge in [0.05, 0.1) is 12.5 Å². The molecule has 0 saturated carbocycles. The predicted molar refractivity (Wildman–Crippen MR) is 47.8 cm³/mol. The van der Waals surface area contributed by atoms with Gasteiger partial charge in [0.25, 0.3) is 0 Å². The smallest absolute Gasteiger partial charge is 0.118 e. The molecule has 13 heavy (non-hydrogen) atoms. The maximum Gasteiger partial charge on any atom is 0.118 e. The second kappa shape index (κ2) is 6.79. The number of hydrogen-bond acceptors (Lipinski definition) is 2. The molecule has 0 aromatic heterocycles. The summed E-state index contributed by atoms with van der Waals surface area (Å²) in [5.74, 6) is 0. The highest BCUT2D eigenvalue weighted by Crippen LogP contribution is 2.12. The molecule has 0 aliphatic rings. The Kier molecular flexibility index (Phi) is 6.43. The number of nitrogens with zero attached hydrogens (tertiary/aromatic N) is 1. The molecule has 3 atom stereocenters. The number of hydrogen-bond donors (Lipinski definition) is 1. The molecular formula is C9H16F2N2. The molecule has 2 unspecified atom stereocenters. The topological polar surface area (TPSA) is 35.8 Å². The summed E-state index contributed by atoms with van der Waals surface area (Å²) in [4.78, 5) is 0. The van der Waals surface area contributed by atoms with Gasteiger partial charge in [-0.05, 0) is 13.5 Å². The monoisotopic (exact) mass is 190 g/mol. The van der Waals surface area contributed by atoms with Gasteiger partial charge in [0, 0.05) is 12.5 Å². The molecule has 0 aromatic rings. The summed E-state index contributed by atoms with van der Waals surface area (Å²) in [6.07, 6.45) is -2.98. The normalized spacial score (nSPS) is 17.5. The number of nitriles is 1. The first-order chi connectivity index (χ1) is 6.11. The van der Waals surface area contributed by atoms with Crippen LogP contribution in [0.25, 0.3) is 0 Å². The van der Waals surface area contributed by atoms with Crippen LogP contribution in [0.2, 0.25) is 0 Å². The molecule has 0 amide bonds.